The van der Waals surface area contributed by atoms with Crippen molar-refractivity contribution < 1.29 is 33.0 Å². The van der Waals surface area contributed by atoms with Gasteiger partial charge in [0.05, 0.1) is 37.8 Å². The summed E-state index contributed by atoms with van der Waals surface area (Å²) in [6.45, 7) is -0.0952. The van der Waals surface area contributed by atoms with Crippen molar-refractivity contribution in [2.24, 2.45) is 0 Å². The van der Waals surface area contributed by atoms with Crippen LogP contribution in [-0.2, 0) is 28.6 Å². The zero-order chi connectivity index (χ0) is 24.9. The number of anilines is 2. The summed E-state index contributed by atoms with van der Waals surface area (Å²) in [6.07, 6.45) is 2.42. The van der Waals surface area contributed by atoms with Gasteiger partial charge in [0.25, 0.3) is 0 Å². The van der Waals surface area contributed by atoms with Gasteiger partial charge in [-0.3, -0.25) is 4.79 Å². The zero-order valence-electron chi connectivity index (χ0n) is 19.4. The van der Waals surface area contributed by atoms with Crippen LogP contribution in [-0.4, -0.2) is 45.3 Å². The fraction of sp³-hybridized carbons (Fsp3) is 0.269. The van der Waals surface area contributed by atoms with E-state index in [4.69, 9.17) is 14.2 Å². The molecular weight excluding hydrogens is 455 g/mol. The Bertz CT molecular complexity index is 1200. The lowest BCUT2D eigenvalue weighted by molar-refractivity contribution is -0.140. The molecule has 0 fully saturated rings. The number of carbonyl (C=O) groups excluding carboxylic acids is 3. The molecule has 1 aliphatic carbocycles. The molecule has 1 atom stereocenters. The van der Waals surface area contributed by atoms with Gasteiger partial charge in [-0.25, -0.2) is 14.0 Å². The highest BCUT2D eigenvalue weighted by atomic mass is 19.1. The monoisotopic (exact) mass is 480 g/mol. The van der Waals surface area contributed by atoms with E-state index in [1.807, 2.05) is 6.07 Å². The molecular formula is C26H25FN2O6. The molecule has 0 amide bonds. The molecule has 1 N–H and O–H groups in total. The number of ether oxygens (including phenoxy) is 3. The van der Waals surface area contributed by atoms with Crippen LogP contribution in [0.25, 0.3) is 0 Å². The number of nitrogens with one attached hydrogen (secondary N) is 1. The standard InChI is InChI=1S/C26H25FN2O6/c1-33-25(31)21-14-35-15-29(24(21)26(32)34-2)23-6-4-3-5-22(23)28-19-11-17(12-20(30)13-19)16-7-9-18(27)10-8-16/h3-10,13,17,28H,11-12,14-15H2,1-2H3. The summed E-state index contributed by atoms with van der Waals surface area (Å²) in [7, 11) is 2.46. The van der Waals surface area contributed by atoms with Crippen LogP contribution in [0, 0.1) is 5.82 Å². The third-order valence-corrected chi connectivity index (χ3v) is 5.91. The van der Waals surface area contributed by atoms with Gasteiger partial charge < -0.3 is 24.4 Å². The molecule has 2 aromatic carbocycles. The smallest absolute Gasteiger partial charge is 0.355 e. The average molecular weight is 480 g/mol. The summed E-state index contributed by atoms with van der Waals surface area (Å²) >= 11 is 0. The second kappa shape index (κ2) is 10.5. The van der Waals surface area contributed by atoms with Gasteiger partial charge in [0.15, 0.2) is 5.78 Å². The molecule has 35 heavy (non-hydrogen) atoms. The molecule has 0 bridgehead atoms. The summed E-state index contributed by atoms with van der Waals surface area (Å²) in [6, 6.07) is 13.3. The van der Waals surface area contributed by atoms with Gasteiger partial charge >= 0.3 is 11.9 Å². The predicted molar refractivity (Wildman–Crippen MR) is 126 cm³/mol. The number of hydrogen-bond donors (Lipinski definition) is 1. The number of nitrogens with zero attached hydrogens (tertiary/aromatic N) is 1. The highest BCUT2D eigenvalue weighted by Gasteiger charge is 2.33. The van der Waals surface area contributed by atoms with Crippen molar-refractivity contribution in [1.82, 2.24) is 0 Å². The van der Waals surface area contributed by atoms with Gasteiger partial charge in [-0.05, 0) is 42.2 Å². The lowest BCUT2D eigenvalue weighted by Gasteiger charge is -2.33. The van der Waals surface area contributed by atoms with E-state index in [1.165, 1.54) is 31.3 Å². The van der Waals surface area contributed by atoms with Crippen LogP contribution in [0.4, 0.5) is 15.8 Å². The lowest BCUT2D eigenvalue weighted by Crippen LogP contribution is -2.39. The van der Waals surface area contributed by atoms with Crippen LogP contribution in [0.15, 0.2) is 71.6 Å². The number of hydrogen-bond acceptors (Lipinski definition) is 8. The summed E-state index contributed by atoms with van der Waals surface area (Å²) in [5.74, 6) is -1.87. The third kappa shape index (κ3) is 5.25. The highest BCUT2D eigenvalue weighted by molar-refractivity contribution is 6.04. The number of halogens is 1. The minimum Gasteiger partial charge on any atom is -0.466 e. The Morgan fingerprint density at radius 3 is 2.46 bits per heavy atom. The van der Waals surface area contributed by atoms with Crippen LogP contribution in [0.2, 0.25) is 0 Å². The third-order valence-electron chi connectivity index (χ3n) is 5.91. The molecule has 0 saturated carbocycles. The Kier molecular flexibility index (Phi) is 7.26. The van der Waals surface area contributed by atoms with Crippen LogP contribution < -0.4 is 10.2 Å². The topological polar surface area (TPSA) is 94.2 Å². The molecule has 1 heterocycles. The van der Waals surface area contributed by atoms with E-state index >= 15 is 0 Å². The first-order valence-corrected chi connectivity index (χ1v) is 11.0. The van der Waals surface area contributed by atoms with E-state index in [9.17, 15) is 18.8 Å². The molecule has 1 unspecified atom stereocenters. The van der Waals surface area contributed by atoms with Crippen molar-refractivity contribution in [2.75, 3.05) is 37.8 Å². The van der Waals surface area contributed by atoms with E-state index in [2.05, 4.69) is 5.32 Å². The van der Waals surface area contributed by atoms with Crippen molar-refractivity contribution in [3.63, 3.8) is 0 Å². The van der Waals surface area contributed by atoms with Gasteiger partial charge in [0.2, 0.25) is 0 Å². The minimum absolute atomic E-state index is 0.000195. The van der Waals surface area contributed by atoms with Gasteiger partial charge in [0.1, 0.15) is 18.2 Å². The minimum atomic E-state index is -0.702. The lowest BCUT2D eigenvalue weighted by atomic mass is 9.85. The van der Waals surface area contributed by atoms with Crippen molar-refractivity contribution >= 4 is 29.1 Å². The second-order valence-electron chi connectivity index (χ2n) is 8.15. The molecule has 1 aliphatic heterocycles. The van der Waals surface area contributed by atoms with E-state index in [1.54, 1.807) is 36.4 Å². The second-order valence-corrected chi connectivity index (χ2v) is 8.15. The highest BCUT2D eigenvalue weighted by Crippen LogP contribution is 2.36. The predicted octanol–water partition coefficient (Wildman–Crippen LogP) is 3.66. The quantitative estimate of drug-likeness (QED) is 0.626. The average Bonchev–Trinajstić information content (AvgIpc) is 2.87. The van der Waals surface area contributed by atoms with Crippen molar-refractivity contribution in [3.8, 4) is 0 Å². The van der Waals surface area contributed by atoms with Crippen molar-refractivity contribution in [3.05, 3.63) is 83.0 Å². The first-order valence-electron chi connectivity index (χ1n) is 11.0. The number of esters is 2. The first kappa shape index (κ1) is 24.2. The van der Waals surface area contributed by atoms with Crippen LogP contribution in [0.5, 0.6) is 0 Å². The number of rotatable bonds is 6. The molecule has 4 rings (SSSR count). The number of carbonyl (C=O) groups is 3. The maximum Gasteiger partial charge on any atom is 0.355 e. The summed E-state index contributed by atoms with van der Waals surface area (Å²) in [4.78, 5) is 39.0. The van der Waals surface area contributed by atoms with E-state index in [0.29, 0.717) is 29.9 Å². The van der Waals surface area contributed by atoms with Gasteiger partial charge in [-0.15, -0.1) is 0 Å². The summed E-state index contributed by atoms with van der Waals surface area (Å²) in [5.41, 5.74) is 2.77. The van der Waals surface area contributed by atoms with Crippen molar-refractivity contribution in [1.29, 1.82) is 0 Å². The van der Waals surface area contributed by atoms with Gasteiger partial charge in [0, 0.05) is 18.2 Å². The zero-order valence-corrected chi connectivity index (χ0v) is 19.4. The van der Waals surface area contributed by atoms with Gasteiger partial charge in [-0.1, -0.05) is 24.3 Å². The Labute approximate surface area is 202 Å². The largest absolute Gasteiger partial charge is 0.466 e. The van der Waals surface area contributed by atoms with Crippen molar-refractivity contribution in [2.45, 2.75) is 18.8 Å². The number of methoxy groups -OCH3 is 2. The van der Waals surface area contributed by atoms with Crippen LogP contribution in [0.1, 0.15) is 24.3 Å². The number of para-hydroxylation sites is 2. The summed E-state index contributed by atoms with van der Waals surface area (Å²) < 4.78 is 28.7. The summed E-state index contributed by atoms with van der Waals surface area (Å²) in [5, 5.41) is 3.30. The molecule has 0 aromatic heterocycles. The molecule has 2 aromatic rings. The number of benzene rings is 2. The molecule has 0 spiro atoms. The van der Waals surface area contributed by atoms with Crippen LogP contribution >= 0.6 is 0 Å². The first-order chi connectivity index (χ1) is 16.9. The maximum atomic E-state index is 13.4. The fourth-order valence-corrected chi connectivity index (χ4v) is 4.27. The number of ketones is 1. The maximum absolute atomic E-state index is 13.4. The molecule has 8 nitrogen and oxygen atoms in total. The van der Waals surface area contributed by atoms with E-state index in [-0.39, 0.29) is 42.1 Å². The Morgan fingerprint density at radius 1 is 1.03 bits per heavy atom. The molecule has 0 radical (unpaired) electrons. The molecule has 182 valence electrons. The fourth-order valence-electron chi connectivity index (χ4n) is 4.27. The van der Waals surface area contributed by atoms with Crippen LogP contribution in [0.3, 0.4) is 0 Å². The van der Waals surface area contributed by atoms with Gasteiger partial charge in [-0.2, -0.15) is 0 Å². The van der Waals surface area contributed by atoms with E-state index < -0.39 is 11.9 Å². The van der Waals surface area contributed by atoms with E-state index in [0.717, 1.165) is 5.56 Å². The SMILES string of the molecule is COC(=O)C1=C(C(=O)OC)N(c2ccccc2NC2=CC(=O)CC(c3ccc(F)cc3)C2)COC1. The Balaban J connectivity index is 1.66. The Hall–Kier alpha value is -3.98. The molecule has 9 heteroatoms. The number of allylic oxidation sites excluding steroid dienone is 2. The normalized spacial score (nSPS) is 18.1. The molecule has 2 aliphatic rings. The Morgan fingerprint density at radius 2 is 1.74 bits per heavy atom. The molecule has 0 saturated heterocycles.